The van der Waals surface area contributed by atoms with Gasteiger partial charge in [-0.2, -0.15) is 0 Å². The van der Waals surface area contributed by atoms with Crippen LogP contribution in [0.1, 0.15) is 11.5 Å². The van der Waals surface area contributed by atoms with Crippen molar-refractivity contribution in [3.05, 3.63) is 40.7 Å². The van der Waals surface area contributed by atoms with Crippen molar-refractivity contribution in [1.82, 2.24) is 9.88 Å². The molecule has 0 radical (unpaired) electrons. The van der Waals surface area contributed by atoms with Gasteiger partial charge in [-0.25, -0.2) is 4.98 Å². The van der Waals surface area contributed by atoms with E-state index in [1.54, 1.807) is 0 Å². The average molecular weight is 337 g/mol. The van der Waals surface area contributed by atoms with Crippen LogP contribution in [0, 0.1) is 6.92 Å². The third kappa shape index (κ3) is 4.12. The van der Waals surface area contributed by atoms with E-state index in [4.69, 9.17) is 25.5 Å². The Kier molecular flexibility index (Phi) is 5.33. The van der Waals surface area contributed by atoms with Gasteiger partial charge < -0.3 is 13.9 Å². The molecule has 1 aliphatic rings. The highest BCUT2D eigenvalue weighted by molar-refractivity contribution is 6.33. The largest absolute Gasteiger partial charge is 0.441 e. The van der Waals surface area contributed by atoms with E-state index in [-0.39, 0.29) is 6.10 Å². The quantitative estimate of drug-likeness (QED) is 0.839. The number of hydrogen-bond donors (Lipinski definition) is 0. The molecule has 0 N–H and O–H groups in total. The summed E-state index contributed by atoms with van der Waals surface area (Å²) >= 11 is 6.21. The average Bonchev–Trinajstić information content (AvgIpc) is 2.89. The lowest BCUT2D eigenvalue weighted by Crippen LogP contribution is -2.38. The van der Waals surface area contributed by atoms with Crippen molar-refractivity contribution in [1.29, 1.82) is 0 Å². The first-order valence-electron chi connectivity index (χ1n) is 7.72. The third-order valence-electron chi connectivity index (χ3n) is 3.82. The van der Waals surface area contributed by atoms with E-state index in [2.05, 4.69) is 9.88 Å². The van der Waals surface area contributed by atoms with Gasteiger partial charge in [0.2, 0.25) is 5.89 Å². The van der Waals surface area contributed by atoms with Crippen LogP contribution in [0.5, 0.6) is 0 Å². The number of nitrogens with zero attached hydrogens (tertiary/aromatic N) is 2. The van der Waals surface area contributed by atoms with Crippen LogP contribution in [0.3, 0.4) is 0 Å². The maximum absolute atomic E-state index is 6.21. The summed E-state index contributed by atoms with van der Waals surface area (Å²) in [5.74, 6) is 1.38. The van der Waals surface area contributed by atoms with Gasteiger partial charge in [0, 0.05) is 13.1 Å². The Bertz CT molecular complexity index is 653. The highest BCUT2D eigenvalue weighted by Gasteiger charge is 2.19. The Morgan fingerprint density at radius 3 is 2.87 bits per heavy atom. The molecule has 5 nitrogen and oxygen atoms in total. The zero-order valence-corrected chi connectivity index (χ0v) is 14.2. The Hall–Kier alpha value is -1.40. The number of likely N-dealkylation sites (N-methyl/N-ethyl adjacent to an activating group) is 1. The summed E-state index contributed by atoms with van der Waals surface area (Å²) in [6.45, 7) is 5.42. The first-order chi connectivity index (χ1) is 11.1. The highest BCUT2D eigenvalue weighted by Crippen LogP contribution is 2.28. The van der Waals surface area contributed by atoms with Gasteiger partial charge in [0.15, 0.2) is 0 Å². The second kappa shape index (κ2) is 7.45. The molecule has 3 rings (SSSR count). The first-order valence-corrected chi connectivity index (χ1v) is 8.10. The molecule has 1 aliphatic heterocycles. The molecule has 6 heteroatoms. The van der Waals surface area contributed by atoms with Crippen molar-refractivity contribution in [2.24, 2.45) is 0 Å². The summed E-state index contributed by atoms with van der Waals surface area (Å²) in [7, 11) is 2.04. The molecule has 2 heterocycles. The van der Waals surface area contributed by atoms with Gasteiger partial charge in [0.05, 0.1) is 42.2 Å². The lowest BCUT2D eigenvalue weighted by atomic mass is 10.2. The Labute approximate surface area is 141 Å². The molecule has 0 amide bonds. The first kappa shape index (κ1) is 16.5. The van der Waals surface area contributed by atoms with Crippen LogP contribution in [0.2, 0.25) is 5.02 Å². The highest BCUT2D eigenvalue weighted by atomic mass is 35.5. The van der Waals surface area contributed by atoms with Gasteiger partial charge in [-0.3, -0.25) is 4.90 Å². The molecule has 0 saturated carbocycles. The molecule has 1 unspecified atom stereocenters. The van der Waals surface area contributed by atoms with Gasteiger partial charge >= 0.3 is 0 Å². The Morgan fingerprint density at radius 2 is 2.13 bits per heavy atom. The molecule has 23 heavy (non-hydrogen) atoms. The molecular formula is C17H21ClN2O3. The molecule has 2 aromatic rings. The van der Waals surface area contributed by atoms with E-state index in [1.807, 2.05) is 38.2 Å². The minimum Gasteiger partial charge on any atom is -0.441 e. The number of halogens is 1. The van der Waals surface area contributed by atoms with Crippen molar-refractivity contribution in [3.8, 4) is 11.5 Å². The number of rotatable bonds is 5. The second-order valence-corrected chi connectivity index (χ2v) is 6.17. The minimum absolute atomic E-state index is 0.115. The number of ether oxygens (including phenoxy) is 2. The standard InChI is InChI=1S/C17H21ClN2O3/c1-12-16(10-20(2)9-13-11-21-7-8-22-13)19-17(23-12)14-5-3-4-6-15(14)18/h3-6,13H,7-11H2,1-2H3. The summed E-state index contributed by atoms with van der Waals surface area (Å²) in [6, 6.07) is 7.56. The monoisotopic (exact) mass is 336 g/mol. The molecular weight excluding hydrogens is 316 g/mol. The molecule has 0 bridgehead atoms. The molecule has 1 saturated heterocycles. The molecule has 1 fully saturated rings. The Morgan fingerprint density at radius 1 is 1.30 bits per heavy atom. The molecule has 124 valence electrons. The van der Waals surface area contributed by atoms with Crippen molar-refractivity contribution in [2.45, 2.75) is 19.6 Å². The van der Waals surface area contributed by atoms with Crippen LogP contribution in [-0.2, 0) is 16.0 Å². The van der Waals surface area contributed by atoms with Crippen LogP contribution < -0.4 is 0 Å². The summed E-state index contributed by atoms with van der Waals surface area (Å²) in [4.78, 5) is 6.78. The van der Waals surface area contributed by atoms with Crippen LogP contribution in [0.25, 0.3) is 11.5 Å². The van der Waals surface area contributed by atoms with E-state index in [0.29, 0.717) is 37.3 Å². The van der Waals surface area contributed by atoms with Crippen LogP contribution in [0.15, 0.2) is 28.7 Å². The zero-order chi connectivity index (χ0) is 16.2. The van der Waals surface area contributed by atoms with Crippen molar-refractivity contribution >= 4 is 11.6 Å². The normalized spacial score (nSPS) is 18.5. The van der Waals surface area contributed by atoms with Crippen molar-refractivity contribution in [2.75, 3.05) is 33.4 Å². The van der Waals surface area contributed by atoms with Crippen molar-refractivity contribution in [3.63, 3.8) is 0 Å². The van der Waals surface area contributed by atoms with Gasteiger partial charge in [-0.1, -0.05) is 23.7 Å². The smallest absolute Gasteiger partial charge is 0.228 e. The minimum atomic E-state index is 0.115. The number of benzene rings is 1. The van der Waals surface area contributed by atoms with E-state index in [1.165, 1.54) is 0 Å². The SMILES string of the molecule is Cc1oc(-c2ccccc2Cl)nc1CN(C)CC1COCCO1. The summed E-state index contributed by atoms with van der Waals surface area (Å²) in [6.07, 6.45) is 0.115. The van der Waals surface area contributed by atoms with E-state index >= 15 is 0 Å². The van der Waals surface area contributed by atoms with Crippen molar-refractivity contribution < 1.29 is 13.9 Å². The lowest BCUT2D eigenvalue weighted by molar-refractivity contribution is -0.0963. The van der Waals surface area contributed by atoms with Crippen LogP contribution in [0.4, 0.5) is 0 Å². The predicted molar refractivity (Wildman–Crippen MR) is 88.6 cm³/mol. The van der Waals surface area contributed by atoms with Crippen LogP contribution in [-0.4, -0.2) is 49.4 Å². The molecule has 0 aliphatic carbocycles. The fourth-order valence-corrected chi connectivity index (χ4v) is 2.85. The summed E-state index contributed by atoms with van der Waals surface area (Å²) in [5, 5.41) is 0.640. The lowest BCUT2D eigenvalue weighted by Gasteiger charge is -2.27. The predicted octanol–water partition coefficient (Wildman–Crippen LogP) is 3.15. The molecule has 0 spiro atoms. The number of oxazole rings is 1. The topological polar surface area (TPSA) is 47.7 Å². The Balaban J connectivity index is 1.67. The van der Waals surface area contributed by atoms with Gasteiger partial charge in [-0.05, 0) is 26.1 Å². The fourth-order valence-electron chi connectivity index (χ4n) is 2.63. The summed E-state index contributed by atoms with van der Waals surface area (Å²) < 4.78 is 16.9. The number of aryl methyl sites for hydroxylation is 1. The third-order valence-corrected chi connectivity index (χ3v) is 4.15. The number of aromatic nitrogens is 1. The van der Waals surface area contributed by atoms with Gasteiger partial charge in [0.25, 0.3) is 0 Å². The van der Waals surface area contributed by atoms with E-state index < -0.39 is 0 Å². The zero-order valence-electron chi connectivity index (χ0n) is 13.4. The van der Waals surface area contributed by atoms with Gasteiger partial charge in [-0.15, -0.1) is 0 Å². The molecule has 1 aromatic carbocycles. The second-order valence-electron chi connectivity index (χ2n) is 5.77. The fraction of sp³-hybridized carbons (Fsp3) is 0.471. The van der Waals surface area contributed by atoms with Gasteiger partial charge in [0.1, 0.15) is 5.76 Å². The maximum Gasteiger partial charge on any atom is 0.228 e. The number of hydrogen-bond acceptors (Lipinski definition) is 5. The maximum atomic E-state index is 6.21. The summed E-state index contributed by atoms with van der Waals surface area (Å²) in [5.41, 5.74) is 1.73. The molecule has 1 atom stereocenters. The van der Waals surface area contributed by atoms with E-state index in [0.717, 1.165) is 23.6 Å². The molecule has 1 aromatic heterocycles. The van der Waals surface area contributed by atoms with E-state index in [9.17, 15) is 0 Å². The van der Waals surface area contributed by atoms with Crippen LogP contribution >= 0.6 is 11.6 Å².